The fraction of sp³-hybridized carbons (Fsp3) is 0.292. The highest BCUT2D eigenvalue weighted by Gasteiger charge is 2.08. The summed E-state index contributed by atoms with van der Waals surface area (Å²) in [5, 5.41) is 8.73. The second-order valence-electron chi connectivity index (χ2n) is 6.84. The fourth-order valence-electron chi connectivity index (χ4n) is 3.19. The second kappa shape index (κ2) is 10.5. The van der Waals surface area contributed by atoms with Gasteiger partial charge < -0.3 is 20.1 Å². The molecule has 5 heteroatoms. The Kier molecular flexibility index (Phi) is 7.47. The van der Waals surface area contributed by atoms with Gasteiger partial charge in [-0.2, -0.15) is 0 Å². The first-order chi connectivity index (χ1) is 14.2. The highest BCUT2D eigenvalue weighted by atomic mass is 16.5. The summed E-state index contributed by atoms with van der Waals surface area (Å²) < 4.78 is 11.0. The van der Waals surface area contributed by atoms with Crippen molar-refractivity contribution in [2.45, 2.75) is 19.9 Å². The number of hydrogen-bond donors (Lipinski definition) is 2. The predicted octanol–water partition coefficient (Wildman–Crippen LogP) is 3.70. The molecule has 0 bridgehead atoms. The Morgan fingerprint density at radius 3 is 2.52 bits per heavy atom. The van der Waals surface area contributed by atoms with Crippen molar-refractivity contribution in [1.82, 2.24) is 10.6 Å². The van der Waals surface area contributed by atoms with E-state index in [0.29, 0.717) is 18.0 Å². The number of fused-ring (bicyclic) bond motifs is 1. The number of ether oxygens (including phenoxy) is 2. The molecule has 0 aromatic heterocycles. The lowest BCUT2D eigenvalue weighted by Crippen LogP contribution is -2.28. The van der Waals surface area contributed by atoms with Gasteiger partial charge in [-0.3, -0.25) is 4.79 Å². The average molecular weight is 392 g/mol. The number of likely N-dealkylation sites (N-methyl/N-ethyl adjacent to an activating group) is 1. The monoisotopic (exact) mass is 392 g/mol. The number of carbonyl (C=O) groups is 1. The maximum absolute atomic E-state index is 11.6. The lowest BCUT2D eigenvalue weighted by atomic mass is 10.1. The molecule has 0 aliphatic heterocycles. The van der Waals surface area contributed by atoms with Gasteiger partial charge in [-0.15, -0.1) is 0 Å². The Labute approximate surface area is 172 Å². The summed E-state index contributed by atoms with van der Waals surface area (Å²) in [5.74, 6) is 1.05. The van der Waals surface area contributed by atoms with Crippen molar-refractivity contribution in [3.8, 4) is 11.5 Å². The van der Waals surface area contributed by atoms with Crippen LogP contribution in [-0.4, -0.2) is 32.7 Å². The minimum Gasteiger partial charge on any atom is -0.493 e. The molecule has 0 aliphatic rings. The Morgan fingerprint density at radius 1 is 0.931 bits per heavy atom. The molecule has 3 rings (SSSR count). The van der Waals surface area contributed by atoms with E-state index < -0.39 is 0 Å². The quantitative estimate of drug-likeness (QED) is 0.517. The lowest BCUT2D eigenvalue weighted by Gasteiger charge is -2.12. The van der Waals surface area contributed by atoms with Gasteiger partial charge in [0.25, 0.3) is 5.91 Å². The first kappa shape index (κ1) is 20.7. The zero-order valence-electron chi connectivity index (χ0n) is 17.0. The average Bonchev–Trinajstić information content (AvgIpc) is 2.75. The number of carbonyl (C=O) groups excluding carboxylic acids is 1. The third kappa shape index (κ3) is 5.96. The van der Waals surface area contributed by atoms with Crippen LogP contribution in [0.4, 0.5) is 0 Å². The Bertz CT molecular complexity index is 956. The highest BCUT2D eigenvalue weighted by Crippen LogP contribution is 2.28. The van der Waals surface area contributed by atoms with E-state index in [1.807, 2.05) is 25.1 Å². The minimum atomic E-state index is -0.144. The maximum atomic E-state index is 11.6. The highest BCUT2D eigenvalue weighted by molar-refractivity contribution is 5.83. The van der Waals surface area contributed by atoms with Crippen LogP contribution in [0.1, 0.15) is 18.1 Å². The summed E-state index contributed by atoms with van der Waals surface area (Å²) in [5.41, 5.74) is 2.42. The third-order valence-electron chi connectivity index (χ3n) is 4.69. The summed E-state index contributed by atoms with van der Waals surface area (Å²) in [6.07, 6.45) is 0.968. The normalized spacial score (nSPS) is 10.7. The molecule has 2 N–H and O–H groups in total. The third-order valence-corrected chi connectivity index (χ3v) is 4.69. The van der Waals surface area contributed by atoms with Crippen LogP contribution in [0.2, 0.25) is 0 Å². The zero-order chi connectivity index (χ0) is 20.5. The van der Waals surface area contributed by atoms with Crippen LogP contribution in [-0.2, 0) is 17.8 Å². The smallest absolute Gasteiger partial charge is 0.257 e. The maximum Gasteiger partial charge on any atom is 0.257 e. The number of methoxy groups -OCH3 is 1. The first-order valence-electron chi connectivity index (χ1n) is 9.94. The molecule has 0 spiro atoms. The van der Waals surface area contributed by atoms with Gasteiger partial charge in [0.05, 0.1) is 7.11 Å². The van der Waals surface area contributed by atoms with Crippen molar-refractivity contribution < 1.29 is 14.3 Å². The molecule has 3 aromatic carbocycles. The van der Waals surface area contributed by atoms with E-state index in [0.717, 1.165) is 25.1 Å². The van der Waals surface area contributed by atoms with Gasteiger partial charge in [-0.05, 0) is 53.9 Å². The number of rotatable bonds is 10. The van der Waals surface area contributed by atoms with Crippen molar-refractivity contribution in [1.29, 1.82) is 0 Å². The van der Waals surface area contributed by atoms with E-state index in [1.165, 1.54) is 16.3 Å². The van der Waals surface area contributed by atoms with Gasteiger partial charge in [0.1, 0.15) is 0 Å². The number of benzene rings is 3. The number of amides is 1. The molecular formula is C24H28N2O3. The number of nitrogens with one attached hydrogen (secondary N) is 2. The van der Waals surface area contributed by atoms with Gasteiger partial charge in [-0.1, -0.05) is 48.5 Å². The molecule has 0 radical (unpaired) electrons. The molecule has 0 saturated carbocycles. The number of hydrogen-bond acceptors (Lipinski definition) is 4. The van der Waals surface area contributed by atoms with Crippen molar-refractivity contribution in [2.75, 3.05) is 26.8 Å². The molecule has 152 valence electrons. The standard InChI is InChI=1S/C24H28N2O3/c1-3-26-24(27)17-29-22-11-9-19(15-23(22)28-2)16-25-13-12-18-8-10-20-6-4-5-7-21(20)14-18/h4-11,14-15,25H,3,12-13,16-17H2,1-2H3,(H,26,27). The molecule has 1 amide bonds. The van der Waals surface area contributed by atoms with Crippen LogP contribution in [0.25, 0.3) is 10.8 Å². The second-order valence-corrected chi connectivity index (χ2v) is 6.84. The molecule has 3 aromatic rings. The summed E-state index contributed by atoms with van der Waals surface area (Å²) in [6.45, 7) is 4.06. The SMILES string of the molecule is CCNC(=O)COc1ccc(CNCCc2ccc3ccccc3c2)cc1OC. The van der Waals surface area contributed by atoms with Gasteiger partial charge in [0, 0.05) is 13.1 Å². The molecule has 29 heavy (non-hydrogen) atoms. The van der Waals surface area contributed by atoms with Gasteiger partial charge >= 0.3 is 0 Å². The molecule has 0 saturated heterocycles. The Morgan fingerprint density at radius 2 is 1.72 bits per heavy atom. The molecule has 0 atom stereocenters. The molecule has 0 fully saturated rings. The van der Waals surface area contributed by atoms with Crippen molar-refractivity contribution in [3.63, 3.8) is 0 Å². The van der Waals surface area contributed by atoms with Crippen LogP contribution in [0.15, 0.2) is 60.7 Å². The van der Waals surface area contributed by atoms with E-state index in [4.69, 9.17) is 9.47 Å². The van der Waals surface area contributed by atoms with Gasteiger partial charge in [0.15, 0.2) is 18.1 Å². The minimum absolute atomic E-state index is 0.0203. The van der Waals surface area contributed by atoms with Crippen LogP contribution < -0.4 is 20.1 Å². The summed E-state index contributed by atoms with van der Waals surface area (Å²) >= 11 is 0. The van der Waals surface area contributed by atoms with Crippen molar-refractivity contribution in [3.05, 3.63) is 71.8 Å². The molecule has 0 heterocycles. The summed E-state index contributed by atoms with van der Waals surface area (Å²) in [4.78, 5) is 11.6. The first-order valence-corrected chi connectivity index (χ1v) is 9.94. The van der Waals surface area contributed by atoms with E-state index in [-0.39, 0.29) is 12.5 Å². The van der Waals surface area contributed by atoms with Crippen molar-refractivity contribution in [2.24, 2.45) is 0 Å². The van der Waals surface area contributed by atoms with Crippen LogP contribution in [0.3, 0.4) is 0 Å². The van der Waals surface area contributed by atoms with E-state index in [2.05, 4.69) is 53.1 Å². The van der Waals surface area contributed by atoms with E-state index in [1.54, 1.807) is 7.11 Å². The Balaban J connectivity index is 1.50. The zero-order valence-corrected chi connectivity index (χ0v) is 17.0. The lowest BCUT2D eigenvalue weighted by molar-refractivity contribution is -0.123. The summed E-state index contributed by atoms with van der Waals surface area (Å²) in [6, 6.07) is 20.8. The molecular weight excluding hydrogens is 364 g/mol. The van der Waals surface area contributed by atoms with E-state index >= 15 is 0 Å². The predicted molar refractivity (Wildman–Crippen MR) is 117 cm³/mol. The topological polar surface area (TPSA) is 59.6 Å². The largest absolute Gasteiger partial charge is 0.493 e. The Hall–Kier alpha value is -3.05. The fourth-order valence-corrected chi connectivity index (χ4v) is 3.19. The van der Waals surface area contributed by atoms with Gasteiger partial charge in [0.2, 0.25) is 0 Å². The van der Waals surface area contributed by atoms with Crippen LogP contribution in [0, 0.1) is 0 Å². The molecule has 0 aliphatic carbocycles. The van der Waals surface area contributed by atoms with Gasteiger partial charge in [-0.25, -0.2) is 0 Å². The summed E-state index contributed by atoms with van der Waals surface area (Å²) in [7, 11) is 1.60. The molecule has 5 nitrogen and oxygen atoms in total. The van der Waals surface area contributed by atoms with Crippen LogP contribution >= 0.6 is 0 Å². The van der Waals surface area contributed by atoms with Crippen molar-refractivity contribution >= 4 is 16.7 Å². The van der Waals surface area contributed by atoms with E-state index in [9.17, 15) is 4.79 Å². The van der Waals surface area contributed by atoms with Crippen LogP contribution in [0.5, 0.6) is 11.5 Å². The molecule has 0 unspecified atom stereocenters.